The smallest absolute Gasteiger partial charge is 0.179 e. The minimum Gasteiger partial charge on any atom is -0.495 e. The quantitative estimate of drug-likeness (QED) is 0.699. The summed E-state index contributed by atoms with van der Waals surface area (Å²) in [6.07, 6.45) is 1.99. The third-order valence-corrected chi connectivity index (χ3v) is 3.15. The molecule has 0 spiro atoms. The molecule has 1 aromatic rings. The molecule has 78 valence electrons. The summed E-state index contributed by atoms with van der Waals surface area (Å²) in [7, 11) is 1.60. The molecule has 2 nitrogen and oxygen atoms in total. The van der Waals surface area contributed by atoms with Gasteiger partial charge in [0, 0.05) is 5.92 Å². The molecule has 1 aromatic heterocycles. The number of carbonyl (C=O) groups excluding carboxylic acids is 1. The van der Waals surface area contributed by atoms with Crippen molar-refractivity contribution in [3.8, 4) is 5.75 Å². The minimum atomic E-state index is 0.104. The monoisotopic (exact) mass is 212 g/mol. The van der Waals surface area contributed by atoms with E-state index < -0.39 is 0 Å². The van der Waals surface area contributed by atoms with E-state index in [-0.39, 0.29) is 11.7 Å². The predicted octanol–water partition coefficient (Wildman–Crippen LogP) is 3.38. The Morgan fingerprint density at radius 1 is 1.64 bits per heavy atom. The number of hydrogen-bond donors (Lipinski definition) is 0. The summed E-state index contributed by atoms with van der Waals surface area (Å²) in [5, 5.41) is 1.89. The highest BCUT2D eigenvalue weighted by Crippen LogP contribution is 2.28. The molecule has 14 heavy (non-hydrogen) atoms. The van der Waals surface area contributed by atoms with Crippen molar-refractivity contribution in [2.75, 3.05) is 7.11 Å². The van der Waals surface area contributed by atoms with Crippen LogP contribution >= 0.6 is 11.3 Å². The van der Waals surface area contributed by atoms with E-state index in [0.29, 0.717) is 5.75 Å². The molecular formula is C11H16O2S. The largest absolute Gasteiger partial charge is 0.495 e. The van der Waals surface area contributed by atoms with E-state index in [2.05, 4.69) is 6.92 Å². The van der Waals surface area contributed by atoms with Crippen LogP contribution in [0, 0.1) is 5.92 Å². The summed E-state index contributed by atoms with van der Waals surface area (Å²) in [6.45, 7) is 4.07. The van der Waals surface area contributed by atoms with Crippen molar-refractivity contribution in [3.05, 3.63) is 16.3 Å². The molecule has 1 rings (SSSR count). The SMILES string of the molecule is CCCC(C)C(=O)c1sccc1OC. The van der Waals surface area contributed by atoms with Crippen LogP contribution in [0.25, 0.3) is 0 Å². The number of carbonyl (C=O) groups is 1. The lowest BCUT2D eigenvalue weighted by atomic mass is 10.00. The third-order valence-electron chi connectivity index (χ3n) is 2.24. The van der Waals surface area contributed by atoms with Crippen LogP contribution in [0.3, 0.4) is 0 Å². The molecule has 0 bridgehead atoms. The number of thiophene rings is 1. The Morgan fingerprint density at radius 3 is 2.93 bits per heavy atom. The van der Waals surface area contributed by atoms with Crippen LogP contribution in [0.4, 0.5) is 0 Å². The van der Waals surface area contributed by atoms with Crippen LogP contribution in [0.2, 0.25) is 0 Å². The van der Waals surface area contributed by atoms with Gasteiger partial charge in [0.1, 0.15) is 10.6 Å². The van der Waals surface area contributed by atoms with Gasteiger partial charge in [0.2, 0.25) is 0 Å². The summed E-state index contributed by atoms with van der Waals surface area (Å²) in [5.41, 5.74) is 0. The molecular weight excluding hydrogens is 196 g/mol. The van der Waals surface area contributed by atoms with Crippen LogP contribution in [-0.4, -0.2) is 12.9 Å². The number of hydrogen-bond acceptors (Lipinski definition) is 3. The molecule has 0 fully saturated rings. The van der Waals surface area contributed by atoms with E-state index in [9.17, 15) is 4.79 Å². The van der Waals surface area contributed by atoms with Gasteiger partial charge in [-0.15, -0.1) is 11.3 Å². The number of methoxy groups -OCH3 is 1. The first-order chi connectivity index (χ1) is 6.70. The van der Waals surface area contributed by atoms with Gasteiger partial charge >= 0.3 is 0 Å². The van der Waals surface area contributed by atoms with E-state index in [1.54, 1.807) is 7.11 Å². The van der Waals surface area contributed by atoms with Crippen LogP contribution in [0.1, 0.15) is 36.4 Å². The van der Waals surface area contributed by atoms with E-state index in [1.165, 1.54) is 11.3 Å². The Kier molecular flexibility index (Phi) is 4.14. The fourth-order valence-electron chi connectivity index (χ4n) is 1.43. The Balaban J connectivity index is 2.78. The van der Waals surface area contributed by atoms with E-state index in [0.717, 1.165) is 17.7 Å². The van der Waals surface area contributed by atoms with Gasteiger partial charge in [-0.1, -0.05) is 20.3 Å². The maximum Gasteiger partial charge on any atom is 0.179 e. The molecule has 0 aromatic carbocycles. The van der Waals surface area contributed by atoms with Crippen molar-refractivity contribution >= 4 is 17.1 Å². The van der Waals surface area contributed by atoms with Crippen LogP contribution < -0.4 is 4.74 Å². The lowest BCUT2D eigenvalue weighted by molar-refractivity contribution is 0.0925. The number of ether oxygens (including phenoxy) is 1. The first-order valence-corrected chi connectivity index (χ1v) is 5.74. The summed E-state index contributed by atoms with van der Waals surface area (Å²) < 4.78 is 5.12. The first-order valence-electron chi connectivity index (χ1n) is 4.86. The average Bonchev–Trinajstić information content (AvgIpc) is 2.64. The van der Waals surface area contributed by atoms with Crippen molar-refractivity contribution in [1.29, 1.82) is 0 Å². The van der Waals surface area contributed by atoms with Crippen molar-refractivity contribution < 1.29 is 9.53 Å². The number of Topliss-reactive ketones (excluding diaryl/α,β-unsaturated/α-hetero) is 1. The zero-order chi connectivity index (χ0) is 10.6. The van der Waals surface area contributed by atoms with Gasteiger partial charge in [0.05, 0.1) is 7.11 Å². The Labute approximate surface area is 88.9 Å². The lowest BCUT2D eigenvalue weighted by Gasteiger charge is -2.08. The molecule has 3 heteroatoms. The molecule has 0 aliphatic rings. The molecule has 0 saturated carbocycles. The van der Waals surface area contributed by atoms with Gasteiger partial charge in [-0.25, -0.2) is 0 Å². The van der Waals surface area contributed by atoms with Gasteiger partial charge in [-0.2, -0.15) is 0 Å². The Morgan fingerprint density at radius 2 is 2.36 bits per heavy atom. The summed E-state index contributed by atoms with van der Waals surface area (Å²) >= 11 is 1.46. The molecule has 0 aliphatic carbocycles. The van der Waals surface area contributed by atoms with Gasteiger partial charge in [0.25, 0.3) is 0 Å². The van der Waals surface area contributed by atoms with Gasteiger partial charge in [0.15, 0.2) is 5.78 Å². The summed E-state index contributed by atoms with van der Waals surface area (Å²) in [4.78, 5) is 12.7. The van der Waals surface area contributed by atoms with Crippen LogP contribution in [-0.2, 0) is 0 Å². The van der Waals surface area contributed by atoms with E-state index >= 15 is 0 Å². The molecule has 0 amide bonds. The molecule has 1 atom stereocenters. The average molecular weight is 212 g/mol. The fourth-order valence-corrected chi connectivity index (χ4v) is 2.34. The molecule has 0 aliphatic heterocycles. The zero-order valence-electron chi connectivity index (χ0n) is 8.87. The molecule has 0 N–H and O–H groups in total. The lowest BCUT2D eigenvalue weighted by Crippen LogP contribution is -2.10. The highest BCUT2D eigenvalue weighted by atomic mass is 32.1. The Bertz CT molecular complexity index is 304. The second kappa shape index (κ2) is 5.15. The number of ketones is 1. The normalized spacial score (nSPS) is 12.5. The summed E-state index contributed by atoms with van der Waals surface area (Å²) in [6, 6.07) is 1.84. The number of rotatable bonds is 5. The maximum atomic E-state index is 11.9. The van der Waals surface area contributed by atoms with Crippen molar-refractivity contribution in [2.24, 2.45) is 5.92 Å². The highest BCUT2D eigenvalue weighted by molar-refractivity contribution is 7.12. The fraction of sp³-hybridized carbons (Fsp3) is 0.545. The predicted molar refractivity (Wildman–Crippen MR) is 59.3 cm³/mol. The Hall–Kier alpha value is -0.830. The standard InChI is InChI=1S/C11H16O2S/c1-4-5-8(2)10(12)11-9(13-3)6-7-14-11/h6-8H,4-5H2,1-3H3. The van der Waals surface area contributed by atoms with E-state index in [4.69, 9.17) is 4.74 Å². The second-order valence-electron chi connectivity index (χ2n) is 3.37. The van der Waals surface area contributed by atoms with Gasteiger partial charge in [-0.3, -0.25) is 4.79 Å². The maximum absolute atomic E-state index is 11.9. The van der Waals surface area contributed by atoms with Crippen LogP contribution in [0.15, 0.2) is 11.4 Å². The third kappa shape index (κ3) is 2.35. The zero-order valence-corrected chi connectivity index (χ0v) is 9.69. The second-order valence-corrected chi connectivity index (χ2v) is 4.29. The highest BCUT2D eigenvalue weighted by Gasteiger charge is 2.19. The van der Waals surface area contributed by atoms with Gasteiger partial charge < -0.3 is 4.74 Å². The molecule has 0 saturated heterocycles. The topological polar surface area (TPSA) is 26.3 Å². The minimum absolute atomic E-state index is 0.104. The summed E-state index contributed by atoms with van der Waals surface area (Å²) in [5.74, 6) is 1.02. The van der Waals surface area contributed by atoms with Crippen molar-refractivity contribution in [1.82, 2.24) is 0 Å². The first kappa shape index (κ1) is 11.2. The molecule has 1 unspecified atom stereocenters. The van der Waals surface area contributed by atoms with Gasteiger partial charge in [-0.05, 0) is 17.9 Å². The van der Waals surface area contributed by atoms with E-state index in [1.807, 2.05) is 18.4 Å². The van der Waals surface area contributed by atoms with Crippen LogP contribution in [0.5, 0.6) is 5.75 Å². The molecule has 0 radical (unpaired) electrons. The molecule has 1 heterocycles. The van der Waals surface area contributed by atoms with Crippen molar-refractivity contribution in [3.63, 3.8) is 0 Å². The van der Waals surface area contributed by atoms with Crippen molar-refractivity contribution in [2.45, 2.75) is 26.7 Å².